The minimum absolute atomic E-state index is 0.00639. The molecule has 0 spiro atoms. The molecule has 1 aromatic carbocycles. The van der Waals surface area contributed by atoms with Crippen molar-refractivity contribution in [3.05, 3.63) is 35.9 Å². The molecule has 2 atom stereocenters. The first-order valence-corrected chi connectivity index (χ1v) is 10.7. The average Bonchev–Trinajstić information content (AvgIpc) is 2.70. The lowest BCUT2D eigenvalue weighted by Crippen LogP contribution is -2.48. The van der Waals surface area contributed by atoms with E-state index in [4.69, 9.17) is 15.6 Å². The summed E-state index contributed by atoms with van der Waals surface area (Å²) >= 11 is 0. The van der Waals surface area contributed by atoms with Crippen LogP contribution in [0, 0.1) is 5.92 Å². The number of carbonyl (C=O) groups is 4. The van der Waals surface area contributed by atoms with Gasteiger partial charge in [-0.1, -0.05) is 37.3 Å². The third-order valence-corrected chi connectivity index (χ3v) is 4.31. The van der Waals surface area contributed by atoms with Crippen LogP contribution in [0.15, 0.2) is 30.3 Å². The molecular weight excluding hydrogens is 455 g/mol. The van der Waals surface area contributed by atoms with Crippen LogP contribution in [0.5, 0.6) is 0 Å². The van der Waals surface area contributed by atoms with Crippen molar-refractivity contribution in [1.29, 1.82) is 0 Å². The summed E-state index contributed by atoms with van der Waals surface area (Å²) in [5.41, 5.74) is 6.26. The molecule has 1 unspecified atom stereocenters. The Morgan fingerprint density at radius 2 is 1.53 bits per heavy atom. The van der Waals surface area contributed by atoms with E-state index >= 15 is 0 Å². The summed E-state index contributed by atoms with van der Waals surface area (Å²) in [7, 11) is 0. The van der Waals surface area contributed by atoms with E-state index in [0.29, 0.717) is 13.0 Å². The summed E-state index contributed by atoms with van der Waals surface area (Å²) in [5, 5.41) is 12.7. The average molecular weight is 490 g/mol. The molecule has 11 heteroatoms. The normalized spacial score (nSPS) is 13.1. The molecule has 1 rings (SSSR count). The number of carboxylic acid groups (broad SMARTS) is 1. The van der Waals surface area contributed by atoms with E-state index in [1.807, 2.05) is 58.0 Å². The van der Waals surface area contributed by atoms with Crippen molar-refractivity contribution in [2.75, 3.05) is 6.54 Å². The molecule has 8 nitrogen and oxygen atoms in total. The van der Waals surface area contributed by atoms with E-state index in [2.05, 4.69) is 10.6 Å². The van der Waals surface area contributed by atoms with Crippen molar-refractivity contribution >= 4 is 23.6 Å². The molecule has 192 valence electrons. The lowest BCUT2D eigenvalue weighted by Gasteiger charge is -2.24. The van der Waals surface area contributed by atoms with E-state index < -0.39 is 23.7 Å². The number of carbonyl (C=O) groups excluding carboxylic acids is 3. The Hall–Kier alpha value is -2.95. The molecule has 0 aliphatic rings. The highest BCUT2D eigenvalue weighted by Crippen LogP contribution is 2.13. The second-order valence-corrected chi connectivity index (χ2v) is 8.92. The number of alkyl halides is 3. The predicted molar refractivity (Wildman–Crippen MR) is 121 cm³/mol. The number of halogens is 3. The van der Waals surface area contributed by atoms with Gasteiger partial charge in [-0.25, -0.2) is 4.79 Å². The van der Waals surface area contributed by atoms with Gasteiger partial charge in [-0.2, -0.15) is 13.2 Å². The standard InChI is InChI=1S/C21H33N3O3.C2HF3O2/c1-15(14-22)12-18(25)17(13-20(27)24-21(2,3)4)23-19(26)11-10-16-8-6-5-7-9-16;3-2(4,5)1(6)7/h5-9,15,17H,10-14,22H2,1-4H3,(H,23,26)(H,24,27);(H,6,7)/t15?,17-;/m0./s1. The number of nitrogens with one attached hydrogen (secondary N) is 2. The maximum atomic E-state index is 12.6. The van der Waals surface area contributed by atoms with Crippen molar-refractivity contribution in [2.24, 2.45) is 11.7 Å². The van der Waals surface area contributed by atoms with E-state index in [-0.39, 0.29) is 42.8 Å². The maximum Gasteiger partial charge on any atom is 0.490 e. The molecule has 0 saturated carbocycles. The molecular formula is C23H34F3N3O5. The predicted octanol–water partition coefficient (Wildman–Crippen LogP) is 2.60. The fourth-order valence-corrected chi connectivity index (χ4v) is 2.64. The Labute approximate surface area is 197 Å². The first-order chi connectivity index (χ1) is 15.5. The highest BCUT2D eigenvalue weighted by atomic mass is 19.4. The summed E-state index contributed by atoms with van der Waals surface area (Å²) < 4.78 is 31.7. The van der Waals surface area contributed by atoms with Crippen LogP contribution in [0.4, 0.5) is 13.2 Å². The van der Waals surface area contributed by atoms with Crippen molar-refractivity contribution in [3.8, 4) is 0 Å². The lowest BCUT2D eigenvalue weighted by atomic mass is 9.97. The van der Waals surface area contributed by atoms with Gasteiger partial charge in [0.2, 0.25) is 11.8 Å². The van der Waals surface area contributed by atoms with Gasteiger partial charge in [0.1, 0.15) is 0 Å². The van der Waals surface area contributed by atoms with Crippen molar-refractivity contribution in [2.45, 2.75) is 71.1 Å². The molecule has 0 saturated heterocycles. The van der Waals surface area contributed by atoms with Crippen LogP contribution in [0.25, 0.3) is 0 Å². The summed E-state index contributed by atoms with van der Waals surface area (Å²) in [6, 6.07) is 8.84. The smallest absolute Gasteiger partial charge is 0.475 e. The number of ketones is 1. The second kappa shape index (κ2) is 14.3. The molecule has 0 fully saturated rings. The highest BCUT2D eigenvalue weighted by molar-refractivity contribution is 5.93. The number of aryl methyl sites for hydroxylation is 1. The first kappa shape index (κ1) is 31.0. The van der Waals surface area contributed by atoms with Crippen LogP contribution in [0.2, 0.25) is 0 Å². The number of Topliss-reactive ketones (excluding diaryl/α,β-unsaturated/α-hetero) is 1. The Bertz CT molecular complexity index is 808. The summed E-state index contributed by atoms with van der Waals surface area (Å²) in [4.78, 5) is 46.1. The number of carboxylic acids is 1. The van der Waals surface area contributed by atoms with E-state index in [9.17, 15) is 27.6 Å². The van der Waals surface area contributed by atoms with Gasteiger partial charge in [-0.3, -0.25) is 14.4 Å². The lowest BCUT2D eigenvalue weighted by molar-refractivity contribution is -0.192. The number of aliphatic carboxylic acids is 1. The zero-order valence-electron chi connectivity index (χ0n) is 19.9. The number of hydrogen-bond acceptors (Lipinski definition) is 5. The first-order valence-electron chi connectivity index (χ1n) is 10.7. The Morgan fingerprint density at radius 3 is 1.97 bits per heavy atom. The molecule has 5 N–H and O–H groups in total. The Kier molecular flexibility index (Phi) is 13.1. The van der Waals surface area contributed by atoms with Gasteiger partial charge in [0, 0.05) is 18.4 Å². The number of amides is 2. The number of rotatable bonds is 10. The summed E-state index contributed by atoms with van der Waals surface area (Å²) in [6.07, 6.45) is -4.06. The molecule has 0 heterocycles. The van der Waals surface area contributed by atoms with Crippen LogP contribution >= 0.6 is 0 Å². The molecule has 2 amide bonds. The molecule has 0 radical (unpaired) electrons. The van der Waals surface area contributed by atoms with Crippen LogP contribution in [-0.2, 0) is 25.6 Å². The molecule has 0 aliphatic heterocycles. The van der Waals surface area contributed by atoms with Gasteiger partial charge in [0.25, 0.3) is 0 Å². The summed E-state index contributed by atoms with van der Waals surface area (Å²) in [5.74, 6) is -3.41. The SMILES string of the molecule is CC(CN)CC(=O)[C@H](CC(=O)NC(C)(C)C)NC(=O)CCc1ccccc1.O=C(O)C(F)(F)F. The van der Waals surface area contributed by atoms with Crippen molar-refractivity contribution in [3.63, 3.8) is 0 Å². The van der Waals surface area contributed by atoms with Crippen molar-refractivity contribution in [1.82, 2.24) is 10.6 Å². The second-order valence-electron chi connectivity index (χ2n) is 8.92. The minimum atomic E-state index is -5.08. The van der Waals surface area contributed by atoms with Crippen LogP contribution in [-0.4, -0.2) is 53.0 Å². The van der Waals surface area contributed by atoms with Gasteiger partial charge >= 0.3 is 12.1 Å². The van der Waals surface area contributed by atoms with E-state index in [1.165, 1.54) is 0 Å². The van der Waals surface area contributed by atoms with Crippen LogP contribution < -0.4 is 16.4 Å². The Morgan fingerprint density at radius 1 is 1.00 bits per heavy atom. The zero-order chi connectivity index (χ0) is 26.5. The fourth-order valence-electron chi connectivity index (χ4n) is 2.64. The highest BCUT2D eigenvalue weighted by Gasteiger charge is 2.38. The molecule has 34 heavy (non-hydrogen) atoms. The molecule has 0 bridgehead atoms. The van der Waals surface area contributed by atoms with Gasteiger partial charge in [-0.15, -0.1) is 0 Å². The number of nitrogens with two attached hydrogens (primary N) is 1. The maximum absolute atomic E-state index is 12.6. The molecule has 0 aromatic heterocycles. The third kappa shape index (κ3) is 15.0. The molecule has 0 aliphatic carbocycles. The van der Waals surface area contributed by atoms with E-state index in [0.717, 1.165) is 5.56 Å². The third-order valence-electron chi connectivity index (χ3n) is 4.31. The number of benzene rings is 1. The van der Waals surface area contributed by atoms with E-state index in [1.54, 1.807) is 0 Å². The van der Waals surface area contributed by atoms with Crippen LogP contribution in [0.3, 0.4) is 0 Å². The minimum Gasteiger partial charge on any atom is -0.475 e. The zero-order valence-corrected chi connectivity index (χ0v) is 19.9. The Balaban J connectivity index is 0.00000135. The van der Waals surface area contributed by atoms with Gasteiger partial charge in [0.15, 0.2) is 5.78 Å². The molecule has 1 aromatic rings. The van der Waals surface area contributed by atoms with Gasteiger partial charge in [0.05, 0.1) is 12.5 Å². The quantitative estimate of drug-likeness (QED) is 0.399. The van der Waals surface area contributed by atoms with Crippen molar-refractivity contribution < 1.29 is 37.5 Å². The number of hydrogen-bond donors (Lipinski definition) is 4. The summed E-state index contributed by atoms with van der Waals surface area (Å²) in [6.45, 7) is 7.88. The topological polar surface area (TPSA) is 139 Å². The van der Waals surface area contributed by atoms with Gasteiger partial charge < -0.3 is 21.5 Å². The largest absolute Gasteiger partial charge is 0.490 e. The van der Waals surface area contributed by atoms with Crippen LogP contribution in [0.1, 0.15) is 52.5 Å². The van der Waals surface area contributed by atoms with Gasteiger partial charge in [-0.05, 0) is 45.2 Å². The monoisotopic (exact) mass is 489 g/mol. The fraction of sp³-hybridized carbons (Fsp3) is 0.565.